The van der Waals surface area contributed by atoms with Crippen molar-refractivity contribution in [3.63, 3.8) is 0 Å². The molecule has 5 heteroatoms. The topological polar surface area (TPSA) is 57.7 Å². The number of fused-ring (bicyclic) bond motifs is 1. The second-order valence-corrected chi connectivity index (χ2v) is 5.55. The summed E-state index contributed by atoms with van der Waals surface area (Å²) < 4.78 is 0. The molecule has 100 valence electrons. The largest absolute Gasteiger partial charge is 0.351 e. The summed E-state index contributed by atoms with van der Waals surface area (Å²) in [5.74, 6) is 1.88. The van der Waals surface area contributed by atoms with Crippen molar-refractivity contribution in [1.29, 1.82) is 0 Å². The van der Waals surface area contributed by atoms with Crippen LogP contribution in [-0.2, 0) is 6.54 Å². The number of hydrogen-bond acceptors (Lipinski definition) is 4. The number of nitrogens with one attached hydrogen (secondary N) is 1. The third-order valence-electron chi connectivity index (χ3n) is 3.69. The Morgan fingerprint density at radius 1 is 1.37 bits per heavy atom. The van der Waals surface area contributed by atoms with Gasteiger partial charge in [-0.2, -0.15) is 5.10 Å². The Hall–Kier alpha value is -1.91. The first-order chi connectivity index (χ1) is 9.15. The molecule has 5 nitrogen and oxygen atoms in total. The Bertz CT molecular complexity index is 575. The lowest BCUT2D eigenvalue weighted by atomic mass is 9.98. The minimum atomic E-state index is 0.424. The fourth-order valence-corrected chi connectivity index (χ4v) is 2.59. The van der Waals surface area contributed by atoms with E-state index < -0.39 is 0 Å². The van der Waals surface area contributed by atoms with Gasteiger partial charge >= 0.3 is 0 Å². The lowest BCUT2D eigenvalue weighted by Gasteiger charge is -2.31. The average molecular weight is 257 g/mol. The summed E-state index contributed by atoms with van der Waals surface area (Å²) in [6, 6.07) is 2.10. The highest BCUT2D eigenvalue weighted by Crippen LogP contribution is 2.29. The van der Waals surface area contributed by atoms with Gasteiger partial charge in [0.05, 0.1) is 6.20 Å². The molecule has 0 unspecified atom stereocenters. The molecule has 0 saturated heterocycles. The molecule has 0 amide bonds. The minimum Gasteiger partial charge on any atom is -0.351 e. The van der Waals surface area contributed by atoms with Gasteiger partial charge in [-0.25, -0.2) is 9.97 Å². The highest BCUT2D eigenvalue weighted by molar-refractivity contribution is 5.44. The predicted molar refractivity (Wildman–Crippen MR) is 74.2 cm³/mol. The van der Waals surface area contributed by atoms with E-state index >= 15 is 0 Å². The van der Waals surface area contributed by atoms with Crippen LogP contribution in [0.2, 0.25) is 0 Å². The first-order valence-corrected chi connectivity index (χ1v) is 6.74. The van der Waals surface area contributed by atoms with Crippen molar-refractivity contribution in [3.05, 3.63) is 35.5 Å². The van der Waals surface area contributed by atoms with Crippen molar-refractivity contribution in [2.75, 3.05) is 11.4 Å². The van der Waals surface area contributed by atoms with Gasteiger partial charge in [0.2, 0.25) is 0 Å². The van der Waals surface area contributed by atoms with Crippen molar-refractivity contribution >= 4 is 5.82 Å². The Kier molecular flexibility index (Phi) is 2.97. The van der Waals surface area contributed by atoms with Gasteiger partial charge in [-0.1, -0.05) is 20.8 Å². The molecule has 1 N–H and O–H groups in total. The number of rotatable bonds is 2. The standard InChI is InChI=1S/C14H19N5/c1-9(2)12-4-13(16-8-15-12)19-6-10(3)14-11(7-19)5-17-18-14/h4-5,8-10H,6-7H2,1-3H3,(H,17,18)/t10-/m0/s1. The summed E-state index contributed by atoms with van der Waals surface area (Å²) in [6.45, 7) is 8.35. The molecule has 1 aliphatic rings. The molecule has 0 fully saturated rings. The van der Waals surface area contributed by atoms with E-state index in [1.165, 1.54) is 11.3 Å². The SMILES string of the molecule is CC(C)c1cc(N2Cc3cn[nH]c3[C@@H](C)C2)ncn1. The van der Waals surface area contributed by atoms with Crippen molar-refractivity contribution in [2.45, 2.75) is 39.2 Å². The van der Waals surface area contributed by atoms with Crippen LogP contribution < -0.4 is 4.90 Å². The zero-order chi connectivity index (χ0) is 13.4. The van der Waals surface area contributed by atoms with Crippen LogP contribution in [0.15, 0.2) is 18.6 Å². The number of anilines is 1. The predicted octanol–water partition coefficient (Wildman–Crippen LogP) is 2.45. The summed E-state index contributed by atoms with van der Waals surface area (Å²) in [7, 11) is 0. The molecule has 3 rings (SSSR count). The summed E-state index contributed by atoms with van der Waals surface area (Å²) in [4.78, 5) is 11.1. The van der Waals surface area contributed by atoms with Crippen LogP contribution in [0.3, 0.4) is 0 Å². The van der Waals surface area contributed by atoms with Crippen LogP contribution in [0.25, 0.3) is 0 Å². The van der Waals surface area contributed by atoms with Crippen LogP contribution in [0.5, 0.6) is 0 Å². The number of H-pyrrole nitrogens is 1. The van der Waals surface area contributed by atoms with E-state index in [1.807, 2.05) is 6.20 Å². The number of hydrogen-bond donors (Lipinski definition) is 1. The van der Waals surface area contributed by atoms with E-state index in [9.17, 15) is 0 Å². The molecular weight excluding hydrogens is 238 g/mol. The normalized spacial score (nSPS) is 18.7. The van der Waals surface area contributed by atoms with E-state index in [0.29, 0.717) is 11.8 Å². The molecular formula is C14H19N5. The van der Waals surface area contributed by atoms with Crippen molar-refractivity contribution in [3.8, 4) is 0 Å². The van der Waals surface area contributed by atoms with Crippen LogP contribution in [0.4, 0.5) is 5.82 Å². The molecule has 0 aromatic carbocycles. The van der Waals surface area contributed by atoms with Gasteiger partial charge < -0.3 is 4.90 Å². The van der Waals surface area contributed by atoms with Gasteiger partial charge in [0, 0.05) is 42.0 Å². The van der Waals surface area contributed by atoms with E-state index in [-0.39, 0.29) is 0 Å². The smallest absolute Gasteiger partial charge is 0.132 e. The summed E-state index contributed by atoms with van der Waals surface area (Å²) >= 11 is 0. The summed E-state index contributed by atoms with van der Waals surface area (Å²) in [5.41, 5.74) is 3.62. The third-order valence-corrected chi connectivity index (χ3v) is 3.69. The molecule has 2 aromatic heterocycles. The second-order valence-electron chi connectivity index (χ2n) is 5.55. The quantitative estimate of drug-likeness (QED) is 0.897. The Balaban J connectivity index is 1.90. The monoisotopic (exact) mass is 257 g/mol. The fraction of sp³-hybridized carbons (Fsp3) is 0.500. The van der Waals surface area contributed by atoms with E-state index in [0.717, 1.165) is 24.6 Å². The maximum atomic E-state index is 4.42. The van der Waals surface area contributed by atoms with E-state index in [4.69, 9.17) is 0 Å². The third kappa shape index (κ3) is 2.20. The van der Waals surface area contributed by atoms with Gasteiger partial charge in [0.15, 0.2) is 0 Å². The molecule has 0 radical (unpaired) electrons. The van der Waals surface area contributed by atoms with Crippen LogP contribution in [-0.4, -0.2) is 26.7 Å². The van der Waals surface area contributed by atoms with Crippen molar-refractivity contribution in [1.82, 2.24) is 20.2 Å². The maximum Gasteiger partial charge on any atom is 0.132 e. The summed E-state index contributed by atoms with van der Waals surface area (Å²) in [5, 5.41) is 7.24. The molecule has 1 aliphatic heterocycles. The highest BCUT2D eigenvalue weighted by atomic mass is 15.2. The molecule has 0 spiro atoms. The molecule has 0 saturated carbocycles. The molecule has 19 heavy (non-hydrogen) atoms. The Labute approximate surface area is 113 Å². The molecule has 0 bridgehead atoms. The van der Waals surface area contributed by atoms with Crippen molar-refractivity contribution in [2.24, 2.45) is 0 Å². The van der Waals surface area contributed by atoms with Crippen LogP contribution >= 0.6 is 0 Å². The Morgan fingerprint density at radius 3 is 3.00 bits per heavy atom. The zero-order valence-corrected chi connectivity index (χ0v) is 11.6. The lowest BCUT2D eigenvalue weighted by Crippen LogP contribution is -2.33. The maximum absolute atomic E-state index is 4.42. The van der Waals surface area contributed by atoms with Gasteiger partial charge in [0.1, 0.15) is 12.1 Å². The number of nitrogens with zero attached hydrogens (tertiary/aromatic N) is 4. The number of aromatic amines is 1. The Morgan fingerprint density at radius 2 is 2.21 bits per heavy atom. The van der Waals surface area contributed by atoms with Gasteiger partial charge in [-0.3, -0.25) is 5.10 Å². The molecule has 0 aliphatic carbocycles. The average Bonchev–Trinajstić information content (AvgIpc) is 2.87. The zero-order valence-electron chi connectivity index (χ0n) is 11.6. The van der Waals surface area contributed by atoms with Gasteiger partial charge in [0.25, 0.3) is 0 Å². The first kappa shape index (κ1) is 12.1. The second kappa shape index (κ2) is 4.64. The molecule has 2 aromatic rings. The first-order valence-electron chi connectivity index (χ1n) is 6.74. The number of aromatic nitrogens is 4. The van der Waals surface area contributed by atoms with Crippen LogP contribution in [0, 0.1) is 0 Å². The van der Waals surface area contributed by atoms with E-state index in [1.54, 1.807) is 6.33 Å². The van der Waals surface area contributed by atoms with Gasteiger partial charge in [-0.05, 0) is 5.92 Å². The summed E-state index contributed by atoms with van der Waals surface area (Å²) in [6.07, 6.45) is 3.59. The van der Waals surface area contributed by atoms with Crippen LogP contribution in [0.1, 0.15) is 49.6 Å². The fourth-order valence-electron chi connectivity index (χ4n) is 2.59. The van der Waals surface area contributed by atoms with E-state index in [2.05, 4.69) is 51.9 Å². The van der Waals surface area contributed by atoms with Crippen molar-refractivity contribution < 1.29 is 0 Å². The molecule has 3 heterocycles. The minimum absolute atomic E-state index is 0.424. The van der Waals surface area contributed by atoms with Gasteiger partial charge in [-0.15, -0.1) is 0 Å². The molecule has 1 atom stereocenters. The lowest BCUT2D eigenvalue weighted by molar-refractivity contribution is 0.618. The highest BCUT2D eigenvalue weighted by Gasteiger charge is 2.25.